The number of aromatic nitrogens is 2. The topological polar surface area (TPSA) is 46.0 Å². The van der Waals surface area contributed by atoms with Crippen LogP contribution < -0.4 is 0 Å². The first kappa shape index (κ1) is 18.1. The van der Waals surface area contributed by atoms with Gasteiger partial charge in [-0.25, -0.2) is 4.98 Å². The van der Waals surface area contributed by atoms with Gasteiger partial charge in [-0.05, 0) is 29.3 Å². The quantitative estimate of drug-likeness (QED) is 0.518. The molecule has 2 aromatic heterocycles. The summed E-state index contributed by atoms with van der Waals surface area (Å²) in [5.41, 5.74) is 0.848. The van der Waals surface area contributed by atoms with Gasteiger partial charge in [-0.1, -0.05) is 54.6 Å². The average molecular weight is 380 g/mol. The Bertz CT molecular complexity index is 1110. The molecule has 0 spiro atoms. The number of aliphatic hydroxyl groups is 1. The van der Waals surface area contributed by atoms with Crippen molar-refractivity contribution in [3.63, 3.8) is 0 Å². The van der Waals surface area contributed by atoms with E-state index in [4.69, 9.17) is 0 Å². The molecule has 0 bridgehead atoms. The number of halogens is 3. The second-order valence-corrected chi connectivity index (χ2v) is 6.32. The summed E-state index contributed by atoms with van der Waals surface area (Å²) < 4.78 is 40.6. The Morgan fingerprint density at radius 1 is 0.857 bits per heavy atom. The fraction of sp³-hybridized carbons (Fsp3) is 0.0909. The monoisotopic (exact) mass is 380 g/mol. The highest BCUT2D eigenvalue weighted by molar-refractivity contribution is 5.96. The number of fused-ring (bicyclic) bond motifs is 1. The number of hydrogen-bond donors (Lipinski definition) is 1. The Morgan fingerprint density at radius 2 is 1.61 bits per heavy atom. The summed E-state index contributed by atoms with van der Waals surface area (Å²) in [6, 6.07) is 20.0. The third-order valence-electron chi connectivity index (χ3n) is 4.51. The van der Waals surface area contributed by atoms with Crippen LogP contribution in [0.1, 0.15) is 23.1 Å². The smallest absolute Gasteiger partial charge is 0.382 e. The molecule has 140 valence electrons. The van der Waals surface area contributed by atoms with E-state index in [1.165, 1.54) is 6.20 Å². The lowest BCUT2D eigenvalue weighted by atomic mass is 9.95. The lowest BCUT2D eigenvalue weighted by molar-refractivity contribution is -0.141. The number of benzene rings is 2. The lowest BCUT2D eigenvalue weighted by Gasteiger charge is -2.17. The molecule has 0 radical (unpaired) electrons. The zero-order chi connectivity index (χ0) is 19.7. The third kappa shape index (κ3) is 3.34. The van der Waals surface area contributed by atoms with Crippen LogP contribution in [0.3, 0.4) is 0 Å². The Kier molecular flexibility index (Phi) is 4.57. The molecule has 4 rings (SSSR count). The van der Waals surface area contributed by atoms with Gasteiger partial charge in [0.25, 0.3) is 0 Å². The number of rotatable bonds is 3. The van der Waals surface area contributed by atoms with E-state index in [0.717, 1.165) is 11.6 Å². The molecule has 0 saturated heterocycles. The minimum absolute atomic E-state index is 0.119. The van der Waals surface area contributed by atoms with E-state index in [0.29, 0.717) is 10.9 Å². The predicted octanol–water partition coefficient (Wildman–Crippen LogP) is 5.40. The molecule has 3 nitrogen and oxygen atoms in total. The van der Waals surface area contributed by atoms with E-state index in [-0.39, 0.29) is 16.8 Å². The Hall–Kier alpha value is -3.25. The SMILES string of the molecule is OC(c1ccccn1)c1cc(C(F)(F)F)nc2c(-c3ccccc3)cccc12. The zero-order valence-corrected chi connectivity index (χ0v) is 14.6. The molecular formula is C22H15F3N2O. The van der Waals surface area contributed by atoms with E-state index in [2.05, 4.69) is 9.97 Å². The summed E-state index contributed by atoms with van der Waals surface area (Å²) >= 11 is 0. The Morgan fingerprint density at radius 3 is 2.29 bits per heavy atom. The molecular weight excluding hydrogens is 365 g/mol. The van der Waals surface area contributed by atoms with Crippen molar-refractivity contribution < 1.29 is 18.3 Å². The van der Waals surface area contributed by atoms with Gasteiger partial charge in [-0.2, -0.15) is 13.2 Å². The van der Waals surface area contributed by atoms with Crippen LogP contribution in [0.4, 0.5) is 13.2 Å². The molecule has 4 aromatic rings. The second kappa shape index (κ2) is 7.05. The molecule has 0 aliphatic rings. The molecule has 0 amide bonds. The number of pyridine rings is 2. The van der Waals surface area contributed by atoms with Crippen molar-refractivity contribution in [3.8, 4) is 11.1 Å². The highest BCUT2D eigenvalue weighted by Crippen LogP contribution is 2.37. The molecule has 28 heavy (non-hydrogen) atoms. The lowest BCUT2D eigenvalue weighted by Crippen LogP contribution is -2.12. The van der Waals surface area contributed by atoms with Gasteiger partial charge in [-0.15, -0.1) is 0 Å². The molecule has 6 heteroatoms. The van der Waals surface area contributed by atoms with Gasteiger partial charge < -0.3 is 5.11 Å². The van der Waals surface area contributed by atoms with Gasteiger partial charge in [0.15, 0.2) is 0 Å². The Labute approximate surface area is 159 Å². The van der Waals surface area contributed by atoms with Crippen LogP contribution in [0.15, 0.2) is 79.0 Å². The number of alkyl halides is 3. The fourth-order valence-corrected chi connectivity index (χ4v) is 3.19. The van der Waals surface area contributed by atoms with Crippen LogP contribution in [-0.4, -0.2) is 15.1 Å². The maximum absolute atomic E-state index is 13.5. The average Bonchev–Trinajstić information content (AvgIpc) is 2.72. The highest BCUT2D eigenvalue weighted by Gasteiger charge is 2.34. The van der Waals surface area contributed by atoms with Crippen LogP contribution in [0.2, 0.25) is 0 Å². The summed E-state index contributed by atoms with van der Waals surface area (Å²) in [5.74, 6) is 0. The number of hydrogen-bond acceptors (Lipinski definition) is 3. The molecule has 0 aliphatic carbocycles. The molecule has 0 saturated carbocycles. The first-order valence-electron chi connectivity index (χ1n) is 8.60. The van der Waals surface area contributed by atoms with E-state index in [1.54, 1.807) is 36.4 Å². The van der Waals surface area contributed by atoms with E-state index in [1.807, 2.05) is 30.3 Å². The number of aliphatic hydroxyl groups excluding tert-OH is 1. The van der Waals surface area contributed by atoms with Crippen LogP contribution in [0.25, 0.3) is 22.0 Å². The van der Waals surface area contributed by atoms with Gasteiger partial charge in [0, 0.05) is 17.1 Å². The Balaban J connectivity index is 2.02. The van der Waals surface area contributed by atoms with Crippen molar-refractivity contribution >= 4 is 10.9 Å². The largest absolute Gasteiger partial charge is 0.433 e. The maximum Gasteiger partial charge on any atom is 0.433 e. The number of nitrogens with zero attached hydrogens (tertiary/aromatic N) is 2. The van der Waals surface area contributed by atoms with Crippen molar-refractivity contribution in [2.75, 3.05) is 0 Å². The van der Waals surface area contributed by atoms with Gasteiger partial charge in [0.1, 0.15) is 11.8 Å². The van der Waals surface area contributed by atoms with Gasteiger partial charge >= 0.3 is 6.18 Å². The number of para-hydroxylation sites is 1. The highest BCUT2D eigenvalue weighted by atomic mass is 19.4. The van der Waals surface area contributed by atoms with Crippen molar-refractivity contribution in [3.05, 3.63) is 95.9 Å². The molecule has 1 unspecified atom stereocenters. The van der Waals surface area contributed by atoms with Gasteiger partial charge in [-0.3, -0.25) is 4.98 Å². The molecule has 1 atom stereocenters. The third-order valence-corrected chi connectivity index (χ3v) is 4.51. The van der Waals surface area contributed by atoms with Crippen molar-refractivity contribution in [1.82, 2.24) is 9.97 Å². The normalized spacial score (nSPS) is 12.9. The first-order valence-corrected chi connectivity index (χ1v) is 8.60. The van der Waals surface area contributed by atoms with E-state index in [9.17, 15) is 18.3 Å². The first-order chi connectivity index (χ1) is 13.4. The van der Waals surface area contributed by atoms with E-state index < -0.39 is 18.0 Å². The van der Waals surface area contributed by atoms with E-state index >= 15 is 0 Å². The zero-order valence-electron chi connectivity index (χ0n) is 14.6. The van der Waals surface area contributed by atoms with Gasteiger partial charge in [0.2, 0.25) is 0 Å². The standard InChI is InChI=1S/C22H15F3N2O/c23-22(24,25)19-13-17(21(28)18-11-4-5-12-26-18)16-10-6-9-15(20(16)27-19)14-7-2-1-3-8-14/h1-13,21,28H. The second-order valence-electron chi connectivity index (χ2n) is 6.32. The van der Waals surface area contributed by atoms with Crippen molar-refractivity contribution in [2.45, 2.75) is 12.3 Å². The maximum atomic E-state index is 13.5. The molecule has 0 fully saturated rings. The summed E-state index contributed by atoms with van der Waals surface area (Å²) in [6.45, 7) is 0. The fourth-order valence-electron chi connectivity index (χ4n) is 3.19. The van der Waals surface area contributed by atoms with Crippen LogP contribution in [0, 0.1) is 0 Å². The summed E-state index contributed by atoms with van der Waals surface area (Å²) in [5, 5.41) is 11.2. The van der Waals surface area contributed by atoms with Gasteiger partial charge in [0.05, 0.1) is 11.2 Å². The minimum Gasteiger partial charge on any atom is -0.382 e. The molecule has 0 aliphatic heterocycles. The van der Waals surface area contributed by atoms with Crippen LogP contribution in [-0.2, 0) is 6.18 Å². The predicted molar refractivity (Wildman–Crippen MR) is 100 cm³/mol. The summed E-state index contributed by atoms with van der Waals surface area (Å²) in [7, 11) is 0. The summed E-state index contributed by atoms with van der Waals surface area (Å²) in [4.78, 5) is 7.99. The summed E-state index contributed by atoms with van der Waals surface area (Å²) in [6.07, 6.45) is -4.46. The van der Waals surface area contributed by atoms with Crippen LogP contribution >= 0.6 is 0 Å². The minimum atomic E-state index is -4.64. The molecule has 1 N–H and O–H groups in total. The molecule has 2 heterocycles. The molecule has 2 aromatic carbocycles. The van der Waals surface area contributed by atoms with Crippen molar-refractivity contribution in [2.24, 2.45) is 0 Å². The van der Waals surface area contributed by atoms with Crippen molar-refractivity contribution in [1.29, 1.82) is 0 Å². The van der Waals surface area contributed by atoms with Crippen LogP contribution in [0.5, 0.6) is 0 Å².